The fourth-order valence-corrected chi connectivity index (χ4v) is 3.22. The molecule has 1 amide bonds. The number of rotatable bonds is 6. The average Bonchev–Trinajstić information content (AvgIpc) is 3.11. The minimum atomic E-state index is 0.0311. The normalized spacial score (nSPS) is 17.1. The van der Waals surface area contributed by atoms with Crippen LogP contribution in [0.1, 0.15) is 31.0 Å². The molecule has 7 heteroatoms. The Kier molecular flexibility index (Phi) is 4.10. The lowest BCUT2D eigenvalue weighted by molar-refractivity contribution is -0.136. The van der Waals surface area contributed by atoms with Crippen LogP contribution in [0.2, 0.25) is 0 Å². The summed E-state index contributed by atoms with van der Waals surface area (Å²) in [6.45, 7) is 4.83. The zero-order valence-electron chi connectivity index (χ0n) is 13.9. The highest BCUT2D eigenvalue weighted by atomic mass is 16.5. The van der Waals surface area contributed by atoms with Crippen molar-refractivity contribution in [3.05, 3.63) is 23.9 Å². The van der Waals surface area contributed by atoms with E-state index in [0.717, 1.165) is 35.8 Å². The van der Waals surface area contributed by atoms with Crippen LogP contribution in [0.15, 0.2) is 17.1 Å². The number of fused-ring (bicyclic) bond motifs is 1. The predicted molar refractivity (Wildman–Crippen MR) is 86.1 cm³/mol. The first-order chi connectivity index (χ1) is 11.8. The van der Waals surface area contributed by atoms with Crippen LogP contribution in [0, 0.1) is 5.92 Å². The number of aromatic nitrogens is 3. The molecular formula is C17H22N4O3. The minimum Gasteiger partial charge on any atom is -0.451 e. The Labute approximate surface area is 140 Å². The molecule has 4 rings (SSSR count). The first kappa shape index (κ1) is 15.4. The van der Waals surface area contributed by atoms with Crippen LogP contribution >= 0.6 is 0 Å². The highest BCUT2D eigenvalue weighted by Gasteiger charge is 2.31. The van der Waals surface area contributed by atoms with E-state index >= 15 is 0 Å². The van der Waals surface area contributed by atoms with Gasteiger partial charge < -0.3 is 14.1 Å². The predicted octanol–water partition coefficient (Wildman–Crippen LogP) is 1.87. The lowest BCUT2D eigenvalue weighted by atomic mass is 10.0. The highest BCUT2D eigenvalue weighted by Crippen LogP contribution is 2.34. The molecule has 0 N–H and O–H groups in total. The number of carbonyl (C=O) groups excluding carboxylic acids is 1. The fraction of sp³-hybridized carbons (Fsp3) is 0.588. The number of amides is 1. The first-order valence-corrected chi connectivity index (χ1v) is 8.59. The van der Waals surface area contributed by atoms with Gasteiger partial charge >= 0.3 is 0 Å². The number of oxazole rings is 1. The second-order valence-corrected chi connectivity index (χ2v) is 6.48. The Balaban J connectivity index is 1.62. The quantitative estimate of drug-likeness (QED) is 0.808. The number of hydrogen-bond donors (Lipinski definition) is 0. The van der Waals surface area contributed by atoms with E-state index in [0.29, 0.717) is 19.7 Å². The van der Waals surface area contributed by atoms with Crippen LogP contribution in [-0.4, -0.2) is 45.3 Å². The number of hydrogen-bond acceptors (Lipinski definition) is 5. The molecule has 0 unspecified atom stereocenters. The van der Waals surface area contributed by atoms with E-state index in [2.05, 4.69) is 9.67 Å². The molecule has 2 aromatic rings. The van der Waals surface area contributed by atoms with Gasteiger partial charge in [0.1, 0.15) is 24.3 Å². The maximum atomic E-state index is 12.3. The number of nitrogens with zero attached hydrogens (tertiary/aromatic N) is 4. The third-order valence-corrected chi connectivity index (χ3v) is 4.72. The summed E-state index contributed by atoms with van der Waals surface area (Å²) in [5.41, 5.74) is 3.91. The van der Waals surface area contributed by atoms with Gasteiger partial charge in [0.2, 0.25) is 5.91 Å². The van der Waals surface area contributed by atoms with Gasteiger partial charge in [-0.25, -0.2) is 4.98 Å². The molecule has 0 atom stereocenters. The molecule has 0 saturated heterocycles. The van der Waals surface area contributed by atoms with Crippen molar-refractivity contribution >= 4 is 5.91 Å². The van der Waals surface area contributed by atoms with E-state index in [1.165, 1.54) is 24.9 Å². The maximum absolute atomic E-state index is 12.3. The topological polar surface area (TPSA) is 73.4 Å². The van der Waals surface area contributed by atoms with Crippen molar-refractivity contribution < 1.29 is 13.9 Å². The molecule has 3 heterocycles. The van der Waals surface area contributed by atoms with Crippen molar-refractivity contribution in [2.45, 2.75) is 39.3 Å². The third-order valence-electron chi connectivity index (χ3n) is 4.72. The molecule has 128 valence electrons. The SMILES string of the molecule is CCOCC(=O)N1CCc2c(c(-c3cocn3)nn2CC2CC2)C1. The van der Waals surface area contributed by atoms with Gasteiger partial charge in [-0.2, -0.15) is 5.10 Å². The summed E-state index contributed by atoms with van der Waals surface area (Å²) >= 11 is 0. The van der Waals surface area contributed by atoms with Crippen molar-refractivity contribution in [3.63, 3.8) is 0 Å². The van der Waals surface area contributed by atoms with Crippen LogP contribution in [0.25, 0.3) is 11.4 Å². The highest BCUT2D eigenvalue weighted by molar-refractivity contribution is 5.78. The molecule has 1 aliphatic heterocycles. The lowest BCUT2D eigenvalue weighted by Crippen LogP contribution is -2.38. The van der Waals surface area contributed by atoms with E-state index in [9.17, 15) is 4.79 Å². The summed E-state index contributed by atoms with van der Waals surface area (Å²) in [6.07, 6.45) is 6.43. The van der Waals surface area contributed by atoms with Gasteiger partial charge in [0.15, 0.2) is 6.39 Å². The number of ether oxygens (including phenoxy) is 1. The summed E-state index contributed by atoms with van der Waals surface area (Å²) in [4.78, 5) is 18.4. The van der Waals surface area contributed by atoms with Gasteiger partial charge in [-0.15, -0.1) is 0 Å². The van der Waals surface area contributed by atoms with E-state index in [4.69, 9.17) is 14.3 Å². The Morgan fingerprint density at radius 1 is 1.46 bits per heavy atom. The molecule has 1 saturated carbocycles. The molecule has 1 aliphatic carbocycles. The Morgan fingerprint density at radius 2 is 2.33 bits per heavy atom. The molecule has 7 nitrogen and oxygen atoms in total. The largest absolute Gasteiger partial charge is 0.451 e. The second kappa shape index (κ2) is 6.39. The van der Waals surface area contributed by atoms with E-state index < -0.39 is 0 Å². The summed E-state index contributed by atoms with van der Waals surface area (Å²) in [5, 5.41) is 4.80. The lowest BCUT2D eigenvalue weighted by Gasteiger charge is -2.27. The van der Waals surface area contributed by atoms with Gasteiger partial charge in [0.25, 0.3) is 0 Å². The minimum absolute atomic E-state index is 0.0311. The summed E-state index contributed by atoms with van der Waals surface area (Å²) in [7, 11) is 0. The van der Waals surface area contributed by atoms with Crippen molar-refractivity contribution in [1.29, 1.82) is 0 Å². The van der Waals surface area contributed by atoms with Gasteiger partial charge in [-0.05, 0) is 25.7 Å². The van der Waals surface area contributed by atoms with Gasteiger partial charge in [0, 0.05) is 43.9 Å². The van der Waals surface area contributed by atoms with E-state index in [1.807, 2.05) is 11.8 Å². The van der Waals surface area contributed by atoms with E-state index in [1.54, 1.807) is 6.26 Å². The van der Waals surface area contributed by atoms with Crippen LogP contribution < -0.4 is 0 Å². The molecule has 2 aromatic heterocycles. The van der Waals surface area contributed by atoms with E-state index in [-0.39, 0.29) is 12.5 Å². The molecule has 0 radical (unpaired) electrons. The van der Waals surface area contributed by atoms with Crippen LogP contribution in [0.5, 0.6) is 0 Å². The van der Waals surface area contributed by atoms with Crippen molar-refractivity contribution in [2.24, 2.45) is 5.92 Å². The average molecular weight is 330 g/mol. The fourth-order valence-electron chi connectivity index (χ4n) is 3.22. The smallest absolute Gasteiger partial charge is 0.248 e. The van der Waals surface area contributed by atoms with Crippen molar-refractivity contribution in [1.82, 2.24) is 19.7 Å². The molecular weight excluding hydrogens is 308 g/mol. The standard InChI is InChI=1S/C17H22N4O3/c1-2-23-10-16(22)20-6-5-15-13(8-20)17(14-9-24-11-18-14)19-21(15)7-12-3-4-12/h9,11-12H,2-8,10H2,1H3. The van der Waals surface area contributed by atoms with Crippen LogP contribution in [0.4, 0.5) is 0 Å². The second-order valence-electron chi connectivity index (χ2n) is 6.48. The Morgan fingerprint density at radius 3 is 3.04 bits per heavy atom. The number of carbonyl (C=O) groups is 1. The monoisotopic (exact) mass is 330 g/mol. The molecule has 0 spiro atoms. The van der Waals surface area contributed by atoms with Crippen molar-refractivity contribution in [3.8, 4) is 11.4 Å². The van der Waals surface area contributed by atoms with Crippen molar-refractivity contribution in [2.75, 3.05) is 19.8 Å². The zero-order valence-corrected chi connectivity index (χ0v) is 13.9. The zero-order chi connectivity index (χ0) is 16.5. The molecule has 24 heavy (non-hydrogen) atoms. The third kappa shape index (κ3) is 2.96. The van der Waals surface area contributed by atoms with Gasteiger partial charge in [0.05, 0.1) is 0 Å². The summed E-state index contributed by atoms with van der Waals surface area (Å²) in [5.74, 6) is 0.778. The molecule has 0 bridgehead atoms. The van der Waals surface area contributed by atoms with Crippen LogP contribution in [-0.2, 0) is 29.0 Å². The Bertz CT molecular complexity index is 719. The molecule has 0 aromatic carbocycles. The van der Waals surface area contributed by atoms with Gasteiger partial charge in [-0.3, -0.25) is 9.48 Å². The summed E-state index contributed by atoms with van der Waals surface area (Å²) in [6, 6.07) is 0. The maximum Gasteiger partial charge on any atom is 0.248 e. The van der Waals surface area contributed by atoms with Crippen LogP contribution in [0.3, 0.4) is 0 Å². The first-order valence-electron chi connectivity index (χ1n) is 8.59. The summed E-state index contributed by atoms with van der Waals surface area (Å²) < 4.78 is 12.5. The van der Waals surface area contributed by atoms with Gasteiger partial charge in [-0.1, -0.05) is 0 Å². The Hall–Kier alpha value is -2.15. The molecule has 1 fully saturated rings. The molecule has 2 aliphatic rings.